The summed E-state index contributed by atoms with van der Waals surface area (Å²) in [5, 5.41) is 0. The van der Waals surface area contributed by atoms with Crippen LogP contribution in [0.25, 0.3) is 0 Å². The maximum Gasteiger partial charge on any atom is 0.312 e. The fraction of sp³-hybridized carbons (Fsp3) is 0.500. The standard InChI is InChI=1S/C20H22BrNO4/c1-2-3-6-11-25-19(24)16-15-9-10-20(26-15)12-22(18(23)17(16)20)14-8-5-4-7-13(14)21/h4-5,7-10,15-17H,2-3,6,11-12H2,1H3/t15-,16-,17-,20+/m1/s1. The number of carbonyl (C=O) groups is 2. The molecule has 26 heavy (non-hydrogen) atoms. The van der Waals surface area contributed by atoms with Crippen LogP contribution in [0.5, 0.6) is 0 Å². The Morgan fingerprint density at radius 3 is 2.96 bits per heavy atom. The summed E-state index contributed by atoms with van der Waals surface area (Å²) >= 11 is 3.51. The highest BCUT2D eigenvalue weighted by Gasteiger charge is 2.67. The number of unbranched alkanes of at least 4 members (excludes halogenated alkanes) is 2. The van der Waals surface area contributed by atoms with Crippen LogP contribution in [-0.2, 0) is 19.1 Å². The van der Waals surface area contributed by atoms with Crippen molar-refractivity contribution in [2.45, 2.75) is 37.9 Å². The summed E-state index contributed by atoms with van der Waals surface area (Å²) in [4.78, 5) is 27.6. The summed E-state index contributed by atoms with van der Waals surface area (Å²) in [6.07, 6.45) is 6.45. The van der Waals surface area contributed by atoms with E-state index in [2.05, 4.69) is 22.9 Å². The lowest BCUT2D eigenvalue weighted by Crippen LogP contribution is -2.40. The number of ether oxygens (including phenoxy) is 2. The van der Waals surface area contributed by atoms with Crippen molar-refractivity contribution in [1.29, 1.82) is 0 Å². The lowest BCUT2D eigenvalue weighted by atomic mass is 9.77. The minimum absolute atomic E-state index is 0.0701. The molecule has 0 unspecified atom stereocenters. The van der Waals surface area contributed by atoms with Gasteiger partial charge in [-0.2, -0.15) is 0 Å². The van der Waals surface area contributed by atoms with Crippen molar-refractivity contribution in [2.24, 2.45) is 11.8 Å². The number of fused-ring (bicyclic) bond motifs is 1. The van der Waals surface area contributed by atoms with Gasteiger partial charge in [0.25, 0.3) is 0 Å². The quantitative estimate of drug-likeness (QED) is 0.402. The molecule has 3 aliphatic rings. The van der Waals surface area contributed by atoms with Crippen LogP contribution in [-0.4, -0.2) is 36.7 Å². The first-order valence-electron chi connectivity index (χ1n) is 9.17. The van der Waals surface area contributed by atoms with E-state index < -0.39 is 17.4 Å². The SMILES string of the molecule is CCCCCOC(=O)[C@@H]1[C@H]2C=C[C@@]3(CN(c4ccccc4Br)C(=O)[C@@H]13)O2. The number of esters is 1. The Hall–Kier alpha value is -1.66. The second kappa shape index (κ2) is 6.82. The summed E-state index contributed by atoms with van der Waals surface area (Å²) in [6, 6.07) is 7.61. The Morgan fingerprint density at radius 2 is 2.19 bits per heavy atom. The second-order valence-corrected chi connectivity index (χ2v) is 8.00. The van der Waals surface area contributed by atoms with Crippen molar-refractivity contribution >= 4 is 33.5 Å². The number of hydrogen-bond donors (Lipinski definition) is 0. The molecule has 0 N–H and O–H groups in total. The summed E-state index contributed by atoms with van der Waals surface area (Å²) in [5.74, 6) is -1.45. The normalized spacial score (nSPS) is 31.5. The van der Waals surface area contributed by atoms with E-state index in [0.29, 0.717) is 13.2 Å². The largest absolute Gasteiger partial charge is 0.465 e. The van der Waals surface area contributed by atoms with Gasteiger partial charge in [-0.1, -0.05) is 44.1 Å². The van der Waals surface area contributed by atoms with Gasteiger partial charge in [-0.05, 0) is 34.5 Å². The molecule has 1 spiro atoms. The van der Waals surface area contributed by atoms with Gasteiger partial charge in [0.15, 0.2) is 0 Å². The predicted octanol–water partition coefficient (Wildman–Crippen LogP) is 3.47. The predicted molar refractivity (Wildman–Crippen MR) is 101 cm³/mol. The Kier molecular flexibility index (Phi) is 4.65. The molecule has 4 rings (SSSR count). The second-order valence-electron chi connectivity index (χ2n) is 7.15. The monoisotopic (exact) mass is 419 g/mol. The third kappa shape index (κ3) is 2.70. The van der Waals surface area contributed by atoms with Gasteiger partial charge in [0.2, 0.25) is 5.91 Å². The molecule has 138 valence electrons. The zero-order valence-corrected chi connectivity index (χ0v) is 16.3. The van der Waals surface area contributed by atoms with E-state index >= 15 is 0 Å². The average Bonchev–Trinajstić information content (AvgIpc) is 3.27. The summed E-state index contributed by atoms with van der Waals surface area (Å²) in [7, 11) is 0. The van der Waals surface area contributed by atoms with Gasteiger partial charge in [-0.25, -0.2) is 0 Å². The highest BCUT2D eigenvalue weighted by atomic mass is 79.9. The molecule has 2 saturated heterocycles. The molecule has 0 aliphatic carbocycles. The van der Waals surface area contributed by atoms with Gasteiger partial charge >= 0.3 is 5.97 Å². The van der Waals surface area contributed by atoms with Crippen molar-refractivity contribution < 1.29 is 19.1 Å². The summed E-state index contributed by atoms with van der Waals surface area (Å²) in [5.41, 5.74) is 0.0845. The molecule has 2 bridgehead atoms. The molecule has 6 heteroatoms. The van der Waals surface area contributed by atoms with Crippen molar-refractivity contribution in [3.8, 4) is 0 Å². The van der Waals surface area contributed by atoms with Crippen LogP contribution in [0, 0.1) is 11.8 Å². The Labute approximate surface area is 161 Å². The molecular formula is C20H22BrNO4. The minimum atomic E-state index is -0.718. The Bertz CT molecular complexity index is 764. The van der Waals surface area contributed by atoms with E-state index in [0.717, 1.165) is 29.4 Å². The summed E-state index contributed by atoms with van der Waals surface area (Å²) in [6.45, 7) is 2.93. The van der Waals surface area contributed by atoms with Crippen molar-refractivity contribution in [3.63, 3.8) is 0 Å². The molecule has 3 aliphatic heterocycles. The first kappa shape index (κ1) is 17.7. The molecule has 3 heterocycles. The fourth-order valence-electron chi connectivity index (χ4n) is 4.26. The molecule has 0 radical (unpaired) electrons. The molecular weight excluding hydrogens is 398 g/mol. The van der Waals surface area contributed by atoms with Gasteiger partial charge in [0.05, 0.1) is 30.9 Å². The lowest BCUT2D eigenvalue weighted by molar-refractivity contribution is -0.152. The number of anilines is 1. The van der Waals surface area contributed by atoms with Gasteiger partial charge in [-0.15, -0.1) is 0 Å². The van der Waals surface area contributed by atoms with Gasteiger partial charge in [0.1, 0.15) is 11.5 Å². The molecule has 1 aromatic rings. The number of para-hydroxylation sites is 1. The van der Waals surface area contributed by atoms with E-state index in [9.17, 15) is 9.59 Å². The van der Waals surface area contributed by atoms with E-state index in [4.69, 9.17) is 9.47 Å². The van der Waals surface area contributed by atoms with Crippen molar-refractivity contribution in [3.05, 3.63) is 40.9 Å². The smallest absolute Gasteiger partial charge is 0.312 e. The van der Waals surface area contributed by atoms with Crippen molar-refractivity contribution in [1.82, 2.24) is 0 Å². The van der Waals surface area contributed by atoms with Crippen LogP contribution >= 0.6 is 15.9 Å². The first-order valence-corrected chi connectivity index (χ1v) is 9.96. The highest BCUT2D eigenvalue weighted by Crippen LogP contribution is 2.53. The van der Waals surface area contributed by atoms with E-state index in [1.54, 1.807) is 4.90 Å². The number of halogens is 1. The van der Waals surface area contributed by atoms with Gasteiger partial charge < -0.3 is 14.4 Å². The molecule has 1 aromatic carbocycles. The fourth-order valence-corrected chi connectivity index (χ4v) is 4.76. The number of rotatable bonds is 6. The number of carbonyl (C=O) groups excluding carboxylic acids is 2. The third-order valence-corrected chi connectivity index (χ3v) is 6.18. The summed E-state index contributed by atoms with van der Waals surface area (Å²) < 4.78 is 12.4. The maximum absolute atomic E-state index is 13.2. The van der Waals surface area contributed by atoms with Gasteiger partial charge in [-0.3, -0.25) is 9.59 Å². The van der Waals surface area contributed by atoms with Crippen LogP contribution < -0.4 is 4.90 Å². The highest BCUT2D eigenvalue weighted by molar-refractivity contribution is 9.10. The van der Waals surface area contributed by atoms with Crippen LogP contribution in [0.15, 0.2) is 40.9 Å². The first-order chi connectivity index (χ1) is 12.6. The lowest BCUT2D eigenvalue weighted by Gasteiger charge is -2.22. The van der Waals surface area contributed by atoms with E-state index in [-0.39, 0.29) is 18.0 Å². The van der Waals surface area contributed by atoms with E-state index in [1.165, 1.54) is 0 Å². The maximum atomic E-state index is 13.2. The Morgan fingerprint density at radius 1 is 1.38 bits per heavy atom. The van der Waals surface area contributed by atoms with Gasteiger partial charge in [0, 0.05) is 4.47 Å². The number of amides is 1. The molecule has 1 amide bonds. The minimum Gasteiger partial charge on any atom is -0.465 e. The third-order valence-electron chi connectivity index (χ3n) is 5.51. The number of benzene rings is 1. The van der Waals surface area contributed by atoms with E-state index in [1.807, 2.05) is 36.4 Å². The van der Waals surface area contributed by atoms with Crippen LogP contribution in [0.2, 0.25) is 0 Å². The van der Waals surface area contributed by atoms with Crippen LogP contribution in [0.3, 0.4) is 0 Å². The Balaban J connectivity index is 1.56. The molecule has 0 saturated carbocycles. The van der Waals surface area contributed by atoms with Crippen LogP contribution in [0.1, 0.15) is 26.2 Å². The number of hydrogen-bond acceptors (Lipinski definition) is 4. The average molecular weight is 420 g/mol. The molecule has 5 nitrogen and oxygen atoms in total. The number of nitrogens with zero attached hydrogens (tertiary/aromatic N) is 1. The molecule has 2 fully saturated rings. The zero-order valence-electron chi connectivity index (χ0n) is 14.7. The molecule has 0 aromatic heterocycles. The topological polar surface area (TPSA) is 55.8 Å². The zero-order chi connectivity index (χ0) is 18.3. The van der Waals surface area contributed by atoms with Crippen LogP contribution in [0.4, 0.5) is 5.69 Å². The molecule has 4 atom stereocenters. The van der Waals surface area contributed by atoms with Crippen molar-refractivity contribution in [2.75, 3.05) is 18.1 Å².